The molecule has 0 aliphatic carbocycles. The number of ether oxygens (including phenoxy) is 1. The fraction of sp³-hybridized carbons (Fsp3) is 0.316. The van der Waals surface area contributed by atoms with Crippen LogP contribution in [0.15, 0.2) is 42.5 Å². The minimum atomic E-state index is 0.0566. The molecular formula is C19H23ClN2OS. The van der Waals surface area contributed by atoms with Crippen molar-refractivity contribution in [1.82, 2.24) is 5.32 Å². The van der Waals surface area contributed by atoms with Crippen LogP contribution in [0.3, 0.4) is 0 Å². The summed E-state index contributed by atoms with van der Waals surface area (Å²) < 4.78 is 5.43. The molecule has 0 radical (unpaired) electrons. The summed E-state index contributed by atoms with van der Waals surface area (Å²) in [5.74, 6) is 0.763. The second-order valence-corrected chi connectivity index (χ2v) is 7.44. The number of methoxy groups -OCH3 is 1. The summed E-state index contributed by atoms with van der Waals surface area (Å²) in [5, 5.41) is 7.70. The van der Waals surface area contributed by atoms with Crippen molar-refractivity contribution in [1.29, 1.82) is 0 Å². The summed E-state index contributed by atoms with van der Waals surface area (Å²) in [6.07, 6.45) is 0. The highest BCUT2D eigenvalue weighted by Crippen LogP contribution is 2.31. The Bertz CT molecular complexity index is 708. The number of halogens is 1. The summed E-state index contributed by atoms with van der Waals surface area (Å²) in [6.45, 7) is 7.16. The zero-order chi connectivity index (χ0) is 17.7. The van der Waals surface area contributed by atoms with Gasteiger partial charge in [-0.25, -0.2) is 0 Å². The van der Waals surface area contributed by atoms with Crippen LogP contribution in [0.1, 0.15) is 31.9 Å². The molecule has 0 saturated carbocycles. The first kappa shape index (κ1) is 18.6. The largest absolute Gasteiger partial charge is 0.495 e. The van der Waals surface area contributed by atoms with Gasteiger partial charge in [-0.05, 0) is 53.0 Å². The van der Waals surface area contributed by atoms with Gasteiger partial charge in [-0.1, -0.05) is 50.6 Å². The Morgan fingerprint density at radius 1 is 1.12 bits per heavy atom. The van der Waals surface area contributed by atoms with E-state index in [9.17, 15) is 0 Å². The maximum Gasteiger partial charge on any atom is 0.171 e. The van der Waals surface area contributed by atoms with Crippen LogP contribution >= 0.6 is 23.8 Å². The van der Waals surface area contributed by atoms with E-state index in [0.29, 0.717) is 11.7 Å². The molecule has 0 aliphatic heterocycles. The number of hydrogen-bond acceptors (Lipinski definition) is 2. The van der Waals surface area contributed by atoms with Gasteiger partial charge < -0.3 is 15.4 Å². The van der Waals surface area contributed by atoms with E-state index in [1.807, 2.05) is 30.3 Å². The van der Waals surface area contributed by atoms with Crippen LogP contribution in [-0.4, -0.2) is 12.2 Å². The smallest absolute Gasteiger partial charge is 0.171 e. The first-order chi connectivity index (χ1) is 11.3. The Morgan fingerprint density at radius 3 is 2.38 bits per heavy atom. The van der Waals surface area contributed by atoms with Crippen LogP contribution in [0, 0.1) is 0 Å². The number of anilines is 1. The highest BCUT2D eigenvalue weighted by atomic mass is 35.5. The van der Waals surface area contributed by atoms with Gasteiger partial charge in [-0.15, -0.1) is 0 Å². The van der Waals surface area contributed by atoms with Crippen molar-refractivity contribution in [2.75, 3.05) is 12.4 Å². The van der Waals surface area contributed by atoms with Crippen LogP contribution in [0.2, 0.25) is 5.02 Å². The SMILES string of the molecule is COc1ccc(C(C)(C)C)cc1NC(=S)NCc1ccc(Cl)cc1. The Morgan fingerprint density at radius 2 is 1.79 bits per heavy atom. The Balaban J connectivity index is 2.05. The van der Waals surface area contributed by atoms with Crippen molar-refractivity contribution in [3.8, 4) is 5.75 Å². The average molecular weight is 363 g/mol. The summed E-state index contributed by atoms with van der Waals surface area (Å²) in [5.41, 5.74) is 3.24. The van der Waals surface area contributed by atoms with Crippen molar-refractivity contribution in [2.45, 2.75) is 32.7 Å². The van der Waals surface area contributed by atoms with Gasteiger partial charge in [-0.3, -0.25) is 0 Å². The van der Waals surface area contributed by atoms with E-state index < -0.39 is 0 Å². The van der Waals surface area contributed by atoms with Gasteiger partial charge in [0.15, 0.2) is 5.11 Å². The first-order valence-corrected chi connectivity index (χ1v) is 8.56. The second kappa shape index (κ2) is 7.86. The van der Waals surface area contributed by atoms with Crippen LogP contribution in [0.25, 0.3) is 0 Å². The number of thiocarbonyl (C=S) groups is 1. The fourth-order valence-electron chi connectivity index (χ4n) is 2.22. The van der Waals surface area contributed by atoms with Crippen molar-refractivity contribution in [3.63, 3.8) is 0 Å². The molecule has 0 atom stereocenters. The molecule has 24 heavy (non-hydrogen) atoms. The van der Waals surface area contributed by atoms with E-state index in [2.05, 4.69) is 43.5 Å². The third-order valence-electron chi connectivity index (χ3n) is 3.68. The van der Waals surface area contributed by atoms with E-state index >= 15 is 0 Å². The molecule has 2 rings (SSSR count). The molecule has 0 aromatic heterocycles. The quantitative estimate of drug-likeness (QED) is 0.738. The fourth-order valence-corrected chi connectivity index (χ4v) is 2.53. The molecule has 0 bridgehead atoms. The van der Waals surface area contributed by atoms with Crippen LogP contribution in [-0.2, 0) is 12.0 Å². The highest BCUT2D eigenvalue weighted by molar-refractivity contribution is 7.80. The summed E-state index contributed by atoms with van der Waals surface area (Å²) >= 11 is 11.3. The molecule has 2 aromatic rings. The Kier molecular flexibility index (Phi) is 6.08. The highest BCUT2D eigenvalue weighted by Gasteiger charge is 2.16. The normalized spacial score (nSPS) is 11.0. The predicted molar refractivity (Wildman–Crippen MR) is 106 cm³/mol. The summed E-state index contributed by atoms with van der Waals surface area (Å²) in [4.78, 5) is 0. The maximum absolute atomic E-state index is 5.89. The van der Waals surface area contributed by atoms with E-state index in [0.717, 1.165) is 22.0 Å². The molecule has 128 valence electrons. The van der Waals surface area contributed by atoms with Gasteiger partial charge in [0.2, 0.25) is 0 Å². The van der Waals surface area contributed by atoms with Crippen molar-refractivity contribution in [3.05, 3.63) is 58.6 Å². The predicted octanol–water partition coefficient (Wildman–Crippen LogP) is 5.13. The third kappa shape index (κ3) is 5.11. The van der Waals surface area contributed by atoms with E-state index in [1.54, 1.807) is 7.11 Å². The standard InChI is InChI=1S/C19H23ClN2OS/c1-19(2,3)14-7-10-17(23-4)16(11-14)22-18(24)21-12-13-5-8-15(20)9-6-13/h5-11H,12H2,1-4H3,(H2,21,22,24). The van der Waals surface area contributed by atoms with Gasteiger partial charge in [-0.2, -0.15) is 0 Å². The summed E-state index contributed by atoms with van der Waals surface area (Å²) in [6, 6.07) is 13.8. The van der Waals surface area contributed by atoms with E-state index in [-0.39, 0.29) is 5.41 Å². The molecule has 0 aliphatic rings. The number of hydrogen-bond donors (Lipinski definition) is 2. The average Bonchev–Trinajstić information content (AvgIpc) is 2.53. The number of benzene rings is 2. The molecule has 0 fully saturated rings. The molecule has 0 saturated heterocycles. The van der Waals surface area contributed by atoms with Gasteiger partial charge in [0, 0.05) is 11.6 Å². The van der Waals surface area contributed by atoms with Crippen molar-refractivity contribution < 1.29 is 4.74 Å². The second-order valence-electron chi connectivity index (χ2n) is 6.60. The lowest BCUT2D eigenvalue weighted by atomic mass is 9.87. The molecule has 2 N–H and O–H groups in total. The Hall–Kier alpha value is -1.78. The van der Waals surface area contributed by atoms with Gasteiger partial charge in [0.05, 0.1) is 12.8 Å². The molecular weight excluding hydrogens is 340 g/mol. The maximum atomic E-state index is 5.89. The van der Waals surface area contributed by atoms with Crippen LogP contribution in [0.5, 0.6) is 5.75 Å². The molecule has 0 spiro atoms. The van der Waals surface area contributed by atoms with E-state index in [1.165, 1.54) is 5.56 Å². The van der Waals surface area contributed by atoms with Gasteiger partial charge in [0.1, 0.15) is 5.75 Å². The third-order valence-corrected chi connectivity index (χ3v) is 4.18. The first-order valence-electron chi connectivity index (χ1n) is 7.77. The van der Waals surface area contributed by atoms with Crippen molar-refractivity contribution >= 4 is 34.6 Å². The zero-order valence-corrected chi connectivity index (χ0v) is 16.0. The molecule has 5 heteroatoms. The molecule has 0 amide bonds. The lowest BCUT2D eigenvalue weighted by Crippen LogP contribution is -2.28. The molecule has 0 heterocycles. The number of rotatable bonds is 4. The molecule has 2 aromatic carbocycles. The zero-order valence-electron chi connectivity index (χ0n) is 14.4. The number of nitrogens with one attached hydrogen (secondary N) is 2. The van der Waals surface area contributed by atoms with Crippen LogP contribution in [0.4, 0.5) is 5.69 Å². The summed E-state index contributed by atoms with van der Waals surface area (Å²) in [7, 11) is 1.65. The minimum Gasteiger partial charge on any atom is -0.495 e. The topological polar surface area (TPSA) is 33.3 Å². The molecule has 3 nitrogen and oxygen atoms in total. The van der Waals surface area contributed by atoms with Crippen LogP contribution < -0.4 is 15.4 Å². The molecule has 0 unspecified atom stereocenters. The lowest BCUT2D eigenvalue weighted by Gasteiger charge is -2.22. The Labute approximate surface area is 154 Å². The van der Waals surface area contributed by atoms with Crippen molar-refractivity contribution in [2.24, 2.45) is 0 Å². The van der Waals surface area contributed by atoms with E-state index in [4.69, 9.17) is 28.6 Å². The lowest BCUT2D eigenvalue weighted by molar-refractivity contribution is 0.416. The minimum absolute atomic E-state index is 0.0566. The monoisotopic (exact) mass is 362 g/mol. The van der Waals surface area contributed by atoms with Gasteiger partial charge >= 0.3 is 0 Å². The van der Waals surface area contributed by atoms with Gasteiger partial charge in [0.25, 0.3) is 0 Å².